The van der Waals surface area contributed by atoms with Gasteiger partial charge in [-0.15, -0.1) is 0 Å². The van der Waals surface area contributed by atoms with Crippen LogP contribution in [0.2, 0.25) is 10.0 Å². The number of aliphatic hydroxyl groups is 1. The molecule has 6 heteroatoms. The van der Waals surface area contributed by atoms with Gasteiger partial charge in [-0.1, -0.05) is 47.5 Å². The van der Waals surface area contributed by atoms with Crippen LogP contribution in [0.1, 0.15) is 5.56 Å². The molecule has 1 aliphatic rings. The molecule has 0 unspecified atom stereocenters. The highest BCUT2D eigenvalue weighted by Gasteiger charge is 2.40. The van der Waals surface area contributed by atoms with Gasteiger partial charge in [-0.2, -0.15) is 0 Å². The van der Waals surface area contributed by atoms with Crippen molar-refractivity contribution >= 4 is 46.3 Å². The standard InChI is InChI=1S/C16H9Cl2NO3/c17-10-7-5-9(6-8-10)13-14(20)16(22)19(15(13)21)12-4-2-1-3-11(12)18/h1-8,20H. The number of hydrogen-bond acceptors (Lipinski definition) is 3. The van der Waals surface area contributed by atoms with Crippen LogP contribution in [0.4, 0.5) is 5.69 Å². The minimum absolute atomic E-state index is 0.0680. The molecule has 0 aromatic heterocycles. The van der Waals surface area contributed by atoms with Crippen LogP contribution in [0, 0.1) is 0 Å². The van der Waals surface area contributed by atoms with Gasteiger partial charge in [0.25, 0.3) is 5.91 Å². The lowest BCUT2D eigenvalue weighted by Crippen LogP contribution is -2.31. The molecular weight excluding hydrogens is 325 g/mol. The van der Waals surface area contributed by atoms with Crippen LogP contribution in [0.15, 0.2) is 54.3 Å². The molecule has 0 fully saturated rings. The van der Waals surface area contributed by atoms with Crippen molar-refractivity contribution in [3.05, 3.63) is 69.9 Å². The van der Waals surface area contributed by atoms with Gasteiger partial charge < -0.3 is 5.11 Å². The molecule has 3 rings (SSSR count). The smallest absolute Gasteiger partial charge is 0.301 e. The zero-order valence-corrected chi connectivity index (χ0v) is 12.6. The number of carbonyl (C=O) groups excluding carboxylic acids is 2. The third kappa shape index (κ3) is 2.26. The zero-order valence-electron chi connectivity index (χ0n) is 11.1. The van der Waals surface area contributed by atoms with Gasteiger partial charge in [-0.3, -0.25) is 9.59 Å². The molecule has 0 atom stereocenters. The number of hydrogen-bond donors (Lipinski definition) is 1. The minimum Gasteiger partial charge on any atom is -0.502 e. The zero-order chi connectivity index (χ0) is 15.9. The Bertz CT molecular complexity index is 812. The molecule has 110 valence electrons. The van der Waals surface area contributed by atoms with E-state index in [0.29, 0.717) is 10.6 Å². The van der Waals surface area contributed by atoms with Gasteiger partial charge in [0.1, 0.15) is 0 Å². The number of amides is 2. The fourth-order valence-electron chi connectivity index (χ4n) is 2.25. The maximum absolute atomic E-state index is 12.6. The molecule has 0 radical (unpaired) electrons. The Labute approximate surface area is 136 Å². The topological polar surface area (TPSA) is 57.6 Å². The third-order valence-corrected chi connectivity index (χ3v) is 3.86. The molecule has 1 heterocycles. The van der Waals surface area contributed by atoms with E-state index in [4.69, 9.17) is 23.2 Å². The van der Waals surface area contributed by atoms with Gasteiger partial charge in [0, 0.05) is 5.02 Å². The van der Waals surface area contributed by atoms with Crippen molar-refractivity contribution in [3.63, 3.8) is 0 Å². The molecule has 2 aromatic rings. The van der Waals surface area contributed by atoms with E-state index in [0.717, 1.165) is 4.90 Å². The van der Waals surface area contributed by atoms with Crippen molar-refractivity contribution in [2.45, 2.75) is 0 Å². The first-order valence-corrected chi connectivity index (χ1v) is 7.09. The summed E-state index contributed by atoms with van der Waals surface area (Å²) in [5.41, 5.74) is 0.575. The van der Waals surface area contributed by atoms with E-state index >= 15 is 0 Å². The summed E-state index contributed by atoms with van der Waals surface area (Å²) >= 11 is 11.8. The molecule has 0 aliphatic carbocycles. The lowest BCUT2D eigenvalue weighted by atomic mass is 10.1. The summed E-state index contributed by atoms with van der Waals surface area (Å²) in [6.07, 6.45) is 0. The summed E-state index contributed by atoms with van der Waals surface area (Å²) in [5, 5.41) is 10.8. The van der Waals surface area contributed by atoms with Crippen LogP contribution in [-0.4, -0.2) is 16.9 Å². The van der Waals surface area contributed by atoms with E-state index < -0.39 is 17.6 Å². The summed E-state index contributed by atoms with van der Waals surface area (Å²) in [6, 6.07) is 12.7. The molecule has 0 saturated heterocycles. The second-order valence-electron chi connectivity index (χ2n) is 4.63. The van der Waals surface area contributed by atoms with E-state index in [-0.39, 0.29) is 16.3 Å². The first-order valence-electron chi connectivity index (χ1n) is 6.33. The maximum atomic E-state index is 12.6. The van der Waals surface area contributed by atoms with Crippen molar-refractivity contribution in [2.24, 2.45) is 0 Å². The number of halogens is 2. The minimum atomic E-state index is -0.803. The van der Waals surface area contributed by atoms with E-state index in [1.807, 2.05) is 0 Å². The second-order valence-corrected chi connectivity index (χ2v) is 5.47. The highest BCUT2D eigenvalue weighted by Crippen LogP contribution is 2.35. The second kappa shape index (κ2) is 5.48. The maximum Gasteiger partial charge on any atom is 0.301 e. The van der Waals surface area contributed by atoms with Gasteiger partial charge in [0.15, 0.2) is 5.76 Å². The average Bonchev–Trinajstić information content (AvgIpc) is 2.72. The average molecular weight is 334 g/mol. The molecule has 2 aromatic carbocycles. The molecule has 0 saturated carbocycles. The molecular formula is C16H9Cl2NO3. The first kappa shape index (κ1) is 14.6. The molecule has 22 heavy (non-hydrogen) atoms. The van der Waals surface area contributed by atoms with Crippen LogP contribution >= 0.6 is 23.2 Å². The number of imide groups is 1. The van der Waals surface area contributed by atoms with Crippen LogP contribution in [0.25, 0.3) is 5.57 Å². The first-order chi connectivity index (χ1) is 10.5. The lowest BCUT2D eigenvalue weighted by Gasteiger charge is -2.15. The van der Waals surface area contributed by atoms with Gasteiger partial charge in [0.05, 0.1) is 16.3 Å². The van der Waals surface area contributed by atoms with Crippen molar-refractivity contribution in [1.82, 2.24) is 0 Å². The van der Waals surface area contributed by atoms with Crippen LogP contribution in [0.5, 0.6) is 0 Å². The molecule has 0 spiro atoms. The largest absolute Gasteiger partial charge is 0.502 e. The summed E-state index contributed by atoms with van der Waals surface area (Å²) in [7, 11) is 0. The van der Waals surface area contributed by atoms with E-state index in [9.17, 15) is 14.7 Å². The molecule has 1 aliphatic heterocycles. The van der Waals surface area contributed by atoms with Crippen molar-refractivity contribution in [1.29, 1.82) is 0 Å². The Kier molecular flexibility index (Phi) is 3.64. The van der Waals surface area contributed by atoms with Crippen LogP contribution < -0.4 is 4.90 Å². The Morgan fingerprint density at radius 1 is 0.864 bits per heavy atom. The highest BCUT2D eigenvalue weighted by atomic mass is 35.5. The number of aliphatic hydroxyl groups excluding tert-OH is 1. The highest BCUT2D eigenvalue weighted by molar-refractivity contribution is 6.46. The number of carbonyl (C=O) groups is 2. The van der Waals surface area contributed by atoms with Crippen LogP contribution in [-0.2, 0) is 9.59 Å². The van der Waals surface area contributed by atoms with E-state index in [2.05, 4.69) is 0 Å². The number of rotatable bonds is 2. The lowest BCUT2D eigenvalue weighted by molar-refractivity contribution is -0.121. The molecule has 0 bridgehead atoms. The Morgan fingerprint density at radius 2 is 1.50 bits per heavy atom. The monoisotopic (exact) mass is 333 g/mol. The van der Waals surface area contributed by atoms with Crippen LogP contribution in [0.3, 0.4) is 0 Å². The third-order valence-electron chi connectivity index (χ3n) is 3.29. The van der Waals surface area contributed by atoms with E-state index in [1.54, 1.807) is 42.5 Å². The SMILES string of the molecule is O=C1C(O)=C(c2ccc(Cl)cc2)C(=O)N1c1ccccc1Cl. The normalized spacial score (nSPS) is 14.9. The fourth-order valence-corrected chi connectivity index (χ4v) is 2.59. The molecule has 2 amide bonds. The summed E-state index contributed by atoms with van der Waals surface area (Å²) < 4.78 is 0. The predicted octanol–water partition coefficient (Wildman–Crippen LogP) is 3.84. The van der Waals surface area contributed by atoms with Gasteiger partial charge in [-0.25, -0.2) is 4.90 Å². The van der Waals surface area contributed by atoms with Crippen molar-refractivity contribution < 1.29 is 14.7 Å². The predicted molar refractivity (Wildman–Crippen MR) is 84.9 cm³/mol. The number of anilines is 1. The van der Waals surface area contributed by atoms with Crippen molar-refractivity contribution in [3.8, 4) is 0 Å². The number of nitrogens with zero attached hydrogens (tertiary/aromatic N) is 1. The van der Waals surface area contributed by atoms with E-state index in [1.165, 1.54) is 6.07 Å². The molecule has 1 N–H and O–H groups in total. The summed E-state index contributed by atoms with van der Waals surface area (Å²) in [6.45, 7) is 0. The summed E-state index contributed by atoms with van der Waals surface area (Å²) in [5.74, 6) is -2.03. The Balaban J connectivity index is 2.08. The summed E-state index contributed by atoms with van der Waals surface area (Å²) in [4.78, 5) is 25.7. The quantitative estimate of drug-likeness (QED) is 0.849. The van der Waals surface area contributed by atoms with Gasteiger partial charge in [0.2, 0.25) is 0 Å². The van der Waals surface area contributed by atoms with Gasteiger partial charge in [-0.05, 0) is 29.8 Å². The number of para-hydroxylation sites is 1. The van der Waals surface area contributed by atoms with Gasteiger partial charge >= 0.3 is 5.91 Å². The fraction of sp³-hybridized carbons (Fsp3) is 0. The Hall–Kier alpha value is -2.30. The number of benzene rings is 2. The van der Waals surface area contributed by atoms with Crippen molar-refractivity contribution in [2.75, 3.05) is 4.90 Å². The Morgan fingerprint density at radius 3 is 2.14 bits per heavy atom. The molecule has 4 nitrogen and oxygen atoms in total.